The van der Waals surface area contributed by atoms with Gasteiger partial charge in [-0.15, -0.1) is 0 Å². The maximum atomic E-state index is 13.4. The Morgan fingerprint density at radius 3 is 2.52 bits per heavy atom. The van der Waals surface area contributed by atoms with E-state index >= 15 is 0 Å². The summed E-state index contributed by atoms with van der Waals surface area (Å²) in [6.45, 7) is 0.617. The van der Waals surface area contributed by atoms with E-state index in [1.807, 2.05) is 71.8 Å². The van der Waals surface area contributed by atoms with Crippen LogP contribution in [0, 0.1) is 11.3 Å². The molecule has 0 amide bonds. The molecule has 0 unspecified atom stereocenters. The summed E-state index contributed by atoms with van der Waals surface area (Å²) in [5.74, 6) is 0.685. The summed E-state index contributed by atoms with van der Waals surface area (Å²) >= 11 is 0. The van der Waals surface area contributed by atoms with Crippen molar-refractivity contribution in [3.05, 3.63) is 107 Å². The van der Waals surface area contributed by atoms with Gasteiger partial charge in [0.1, 0.15) is 0 Å². The number of para-hydroxylation sites is 1. The fraction of sp³-hybridized carbons (Fsp3) is 0.0833. The number of nitrogens with zero attached hydrogens (tertiary/aromatic N) is 3. The number of benzene rings is 2. The molecule has 0 radical (unpaired) electrons. The van der Waals surface area contributed by atoms with Gasteiger partial charge in [0, 0.05) is 24.0 Å². The number of ether oxygens (including phenoxy) is 1. The van der Waals surface area contributed by atoms with Crippen LogP contribution in [0.1, 0.15) is 5.56 Å². The van der Waals surface area contributed by atoms with Gasteiger partial charge in [-0.05, 0) is 30.3 Å². The highest BCUT2D eigenvalue weighted by molar-refractivity contribution is 5.74. The van der Waals surface area contributed by atoms with Crippen molar-refractivity contribution in [1.82, 2.24) is 4.57 Å². The zero-order valence-corrected chi connectivity index (χ0v) is 15.9. The second kappa shape index (κ2) is 7.91. The monoisotopic (exact) mass is 381 g/mol. The first-order valence-electron chi connectivity index (χ1n) is 9.23. The summed E-state index contributed by atoms with van der Waals surface area (Å²) < 4.78 is 7.14. The minimum Gasteiger partial charge on any atom is -0.482 e. The summed E-state index contributed by atoms with van der Waals surface area (Å²) in [6, 6.07) is 20.6. The van der Waals surface area contributed by atoms with Crippen LogP contribution in [-0.2, 0) is 4.74 Å². The molecule has 0 saturated carbocycles. The lowest BCUT2D eigenvalue weighted by molar-refractivity contribution is 0.279. The summed E-state index contributed by atoms with van der Waals surface area (Å²) in [5.41, 5.74) is 2.91. The molecular weight excluding hydrogens is 362 g/mol. The van der Waals surface area contributed by atoms with Gasteiger partial charge in [-0.25, -0.2) is 0 Å². The van der Waals surface area contributed by atoms with E-state index in [2.05, 4.69) is 6.07 Å². The molecule has 142 valence electrons. The third kappa shape index (κ3) is 3.44. The molecule has 0 aliphatic carbocycles. The number of rotatable bonds is 4. The topological polar surface area (TPSA) is 58.3 Å². The highest BCUT2D eigenvalue weighted by Crippen LogP contribution is 2.28. The van der Waals surface area contributed by atoms with Gasteiger partial charge in [-0.1, -0.05) is 48.6 Å². The van der Waals surface area contributed by atoms with Gasteiger partial charge in [0.05, 0.1) is 30.0 Å². The first kappa shape index (κ1) is 18.3. The van der Waals surface area contributed by atoms with Crippen LogP contribution in [0.5, 0.6) is 0 Å². The molecule has 0 N–H and O–H groups in total. The van der Waals surface area contributed by atoms with Crippen LogP contribution in [0.2, 0.25) is 0 Å². The van der Waals surface area contributed by atoms with E-state index in [0.29, 0.717) is 29.1 Å². The van der Waals surface area contributed by atoms with E-state index in [0.717, 1.165) is 11.4 Å². The van der Waals surface area contributed by atoms with Crippen molar-refractivity contribution in [2.75, 3.05) is 18.6 Å². The minimum atomic E-state index is -0.182. The maximum Gasteiger partial charge on any atom is 0.263 e. The zero-order valence-electron chi connectivity index (χ0n) is 15.9. The quantitative estimate of drug-likeness (QED) is 0.678. The molecule has 4 rings (SSSR count). The highest BCUT2D eigenvalue weighted by atomic mass is 16.5. The molecule has 0 atom stereocenters. The maximum absolute atomic E-state index is 13.4. The van der Waals surface area contributed by atoms with Gasteiger partial charge in [0.2, 0.25) is 0 Å². The van der Waals surface area contributed by atoms with Crippen LogP contribution in [0.4, 0.5) is 5.69 Å². The van der Waals surface area contributed by atoms with Crippen LogP contribution in [0.3, 0.4) is 0 Å². The van der Waals surface area contributed by atoms with Gasteiger partial charge in [0.15, 0.2) is 5.88 Å². The van der Waals surface area contributed by atoms with Crippen molar-refractivity contribution in [2.45, 2.75) is 0 Å². The average Bonchev–Trinajstić information content (AvgIpc) is 2.80. The van der Waals surface area contributed by atoms with E-state index in [4.69, 9.17) is 4.74 Å². The van der Waals surface area contributed by atoms with E-state index in [9.17, 15) is 10.1 Å². The number of nitriles is 1. The van der Waals surface area contributed by atoms with Gasteiger partial charge < -0.3 is 9.64 Å². The Kier molecular flexibility index (Phi) is 5.00. The summed E-state index contributed by atoms with van der Waals surface area (Å²) in [6.07, 6.45) is 7.64. The molecule has 3 aromatic rings. The van der Waals surface area contributed by atoms with Crippen LogP contribution >= 0.6 is 0 Å². The molecule has 5 nitrogen and oxygen atoms in total. The third-order valence-corrected chi connectivity index (χ3v) is 4.82. The minimum absolute atomic E-state index is 0.182. The van der Waals surface area contributed by atoms with Gasteiger partial charge in [-0.2, -0.15) is 5.26 Å². The second-order valence-corrected chi connectivity index (χ2v) is 6.53. The average molecular weight is 381 g/mol. The number of anilines is 1. The van der Waals surface area contributed by atoms with Crippen molar-refractivity contribution < 1.29 is 4.74 Å². The Morgan fingerprint density at radius 1 is 1.00 bits per heavy atom. The Bertz CT molecular complexity index is 1200. The predicted molar refractivity (Wildman–Crippen MR) is 114 cm³/mol. The number of pyridine rings is 1. The Hall–Kier alpha value is -4.04. The molecule has 0 fully saturated rings. The molecule has 29 heavy (non-hydrogen) atoms. The Balaban J connectivity index is 1.99. The van der Waals surface area contributed by atoms with E-state index in [1.165, 1.54) is 0 Å². The molecule has 1 aliphatic heterocycles. The molecule has 2 aromatic carbocycles. The summed E-state index contributed by atoms with van der Waals surface area (Å²) in [5, 5.41) is 9.55. The van der Waals surface area contributed by atoms with Crippen molar-refractivity contribution in [2.24, 2.45) is 0 Å². The number of methoxy groups -OCH3 is 1. The van der Waals surface area contributed by atoms with Crippen LogP contribution < -0.4 is 10.5 Å². The van der Waals surface area contributed by atoms with Crippen LogP contribution in [0.15, 0.2) is 95.8 Å². The molecule has 5 heteroatoms. The third-order valence-electron chi connectivity index (χ3n) is 4.82. The number of hydrogen-bond acceptors (Lipinski definition) is 4. The normalized spacial score (nSPS) is 13.0. The molecule has 1 aliphatic rings. The van der Waals surface area contributed by atoms with Gasteiger partial charge in [0.25, 0.3) is 5.56 Å². The van der Waals surface area contributed by atoms with E-state index < -0.39 is 0 Å². The summed E-state index contributed by atoms with van der Waals surface area (Å²) in [7, 11) is 1.62. The van der Waals surface area contributed by atoms with Crippen molar-refractivity contribution >= 4 is 5.69 Å². The lowest BCUT2D eigenvalue weighted by atomic mass is 10.0. The van der Waals surface area contributed by atoms with Crippen LogP contribution in [-0.4, -0.2) is 18.2 Å². The zero-order chi connectivity index (χ0) is 20.2. The predicted octanol–water partition coefficient (Wildman–Crippen LogP) is 4.24. The van der Waals surface area contributed by atoms with E-state index in [1.54, 1.807) is 29.9 Å². The first-order valence-corrected chi connectivity index (χ1v) is 9.23. The Morgan fingerprint density at radius 2 is 1.76 bits per heavy atom. The number of aromatic nitrogens is 1. The van der Waals surface area contributed by atoms with Crippen molar-refractivity contribution in [1.29, 1.82) is 5.26 Å². The van der Waals surface area contributed by atoms with Crippen molar-refractivity contribution in [3.63, 3.8) is 0 Å². The SMILES string of the molecule is COC1=CC=CCN1c1cc(-c2ccccc2C#N)c(=O)n(-c2ccccc2)c1. The van der Waals surface area contributed by atoms with E-state index in [-0.39, 0.29) is 5.56 Å². The number of allylic oxidation sites excluding steroid dienone is 2. The Labute approximate surface area is 169 Å². The molecule has 0 saturated heterocycles. The largest absolute Gasteiger partial charge is 0.482 e. The molecule has 0 bridgehead atoms. The van der Waals surface area contributed by atoms with Gasteiger partial charge in [-0.3, -0.25) is 9.36 Å². The highest BCUT2D eigenvalue weighted by Gasteiger charge is 2.19. The second-order valence-electron chi connectivity index (χ2n) is 6.53. The summed E-state index contributed by atoms with van der Waals surface area (Å²) in [4.78, 5) is 15.4. The lowest BCUT2D eigenvalue weighted by Crippen LogP contribution is -2.28. The van der Waals surface area contributed by atoms with Gasteiger partial charge >= 0.3 is 0 Å². The molecular formula is C24H19N3O2. The van der Waals surface area contributed by atoms with Crippen LogP contribution in [0.25, 0.3) is 16.8 Å². The molecule has 0 spiro atoms. The smallest absolute Gasteiger partial charge is 0.263 e. The van der Waals surface area contributed by atoms with Crippen molar-refractivity contribution in [3.8, 4) is 22.9 Å². The molecule has 2 heterocycles. The standard InChI is InChI=1S/C24H19N3O2/c1-29-23-13-7-8-14-26(23)20-15-22(21-12-6-5-9-18(21)16-25)24(28)27(17-20)19-10-3-2-4-11-19/h2-13,15,17H,14H2,1H3. The number of hydrogen-bond donors (Lipinski definition) is 0. The fourth-order valence-electron chi connectivity index (χ4n) is 3.41. The molecule has 1 aromatic heterocycles. The lowest BCUT2D eigenvalue weighted by Gasteiger charge is -2.27. The first-order chi connectivity index (χ1) is 14.2. The fourth-order valence-corrected chi connectivity index (χ4v) is 3.41.